The highest BCUT2D eigenvalue weighted by atomic mass is 19.4. The molecule has 1 rings (SSSR count). The summed E-state index contributed by atoms with van der Waals surface area (Å²) in [7, 11) is 0. The van der Waals surface area contributed by atoms with Crippen molar-refractivity contribution >= 4 is 5.97 Å². The Morgan fingerprint density at radius 2 is 1.84 bits per heavy atom. The van der Waals surface area contributed by atoms with E-state index >= 15 is 0 Å². The van der Waals surface area contributed by atoms with Crippen LogP contribution < -0.4 is 5.32 Å². The fourth-order valence-corrected chi connectivity index (χ4v) is 1.44. The van der Waals surface area contributed by atoms with Crippen LogP contribution in [0.15, 0.2) is 24.3 Å². The number of halogens is 5. The van der Waals surface area contributed by atoms with E-state index in [9.17, 15) is 26.7 Å². The molecule has 1 aromatic carbocycles. The molecule has 1 atom stereocenters. The fraction of sp³-hybridized carbons (Fsp3) is 0.364. The second kappa shape index (κ2) is 5.96. The van der Waals surface area contributed by atoms with Crippen LogP contribution in [0.25, 0.3) is 0 Å². The quantitative estimate of drug-likeness (QED) is 0.817. The normalized spacial score (nSPS) is 13.6. The molecule has 0 fully saturated rings. The van der Waals surface area contributed by atoms with Gasteiger partial charge in [-0.1, -0.05) is 18.2 Å². The lowest BCUT2D eigenvalue weighted by Gasteiger charge is -2.17. The smallest absolute Gasteiger partial charge is 0.401 e. The molecule has 0 radical (unpaired) electrons. The van der Waals surface area contributed by atoms with Crippen LogP contribution in [0.4, 0.5) is 22.0 Å². The zero-order valence-electron chi connectivity index (χ0n) is 9.42. The molecule has 19 heavy (non-hydrogen) atoms. The van der Waals surface area contributed by atoms with Gasteiger partial charge in [-0.05, 0) is 11.6 Å². The van der Waals surface area contributed by atoms with Crippen LogP contribution in [0.2, 0.25) is 0 Å². The van der Waals surface area contributed by atoms with Gasteiger partial charge in [0.15, 0.2) is 0 Å². The molecule has 106 valence electrons. The number of hydrogen-bond donors (Lipinski definition) is 2. The molecule has 1 unspecified atom stereocenters. The highest BCUT2D eigenvalue weighted by Gasteiger charge is 2.30. The number of nitrogens with one attached hydrogen (secondary N) is 1. The third kappa shape index (κ3) is 4.82. The Bertz CT molecular complexity index is 447. The number of carbonyl (C=O) groups is 1. The minimum absolute atomic E-state index is 0.158. The predicted molar refractivity (Wildman–Crippen MR) is 55.8 cm³/mol. The van der Waals surface area contributed by atoms with E-state index in [-0.39, 0.29) is 5.56 Å². The maximum atomic E-state index is 12.4. The SMILES string of the molecule is O=C(O)C(NCC(F)(F)F)c1cccc(C(F)F)c1. The number of rotatable bonds is 5. The Labute approximate surface area is 105 Å². The molecule has 0 aliphatic rings. The summed E-state index contributed by atoms with van der Waals surface area (Å²) in [6, 6.07) is 2.58. The molecule has 0 amide bonds. The zero-order chi connectivity index (χ0) is 14.6. The van der Waals surface area contributed by atoms with Crippen molar-refractivity contribution in [2.75, 3.05) is 6.54 Å². The van der Waals surface area contributed by atoms with Gasteiger partial charge in [-0.25, -0.2) is 8.78 Å². The minimum Gasteiger partial charge on any atom is -0.480 e. The van der Waals surface area contributed by atoms with Crippen molar-refractivity contribution in [3.63, 3.8) is 0 Å². The van der Waals surface area contributed by atoms with Gasteiger partial charge in [0.05, 0.1) is 6.54 Å². The molecule has 0 saturated heterocycles. The van der Waals surface area contributed by atoms with E-state index < -0.39 is 36.7 Å². The highest BCUT2D eigenvalue weighted by Crippen LogP contribution is 2.23. The van der Waals surface area contributed by atoms with Gasteiger partial charge in [-0.15, -0.1) is 0 Å². The first-order chi connectivity index (χ1) is 8.70. The third-order valence-corrected chi connectivity index (χ3v) is 2.25. The van der Waals surface area contributed by atoms with E-state index in [1.807, 2.05) is 0 Å². The molecule has 0 aliphatic carbocycles. The van der Waals surface area contributed by atoms with Crippen molar-refractivity contribution in [2.45, 2.75) is 18.6 Å². The number of aliphatic carboxylic acids is 1. The van der Waals surface area contributed by atoms with Crippen LogP contribution in [0, 0.1) is 0 Å². The molecule has 2 N–H and O–H groups in total. The molecule has 3 nitrogen and oxygen atoms in total. The van der Waals surface area contributed by atoms with Crippen molar-refractivity contribution in [1.29, 1.82) is 0 Å². The Morgan fingerprint density at radius 1 is 1.26 bits per heavy atom. The Morgan fingerprint density at radius 3 is 2.32 bits per heavy atom. The zero-order valence-corrected chi connectivity index (χ0v) is 9.42. The van der Waals surface area contributed by atoms with Crippen molar-refractivity contribution in [1.82, 2.24) is 5.32 Å². The number of benzene rings is 1. The molecular formula is C11H10F5NO2. The van der Waals surface area contributed by atoms with Crippen LogP contribution >= 0.6 is 0 Å². The molecule has 0 heterocycles. The lowest BCUT2D eigenvalue weighted by molar-refractivity contribution is -0.143. The maximum Gasteiger partial charge on any atom is 0.401 e. The van der Waals surface area contributed by atoms with E-state index in [1.54, 1.807) is 5.32 Å². The molecule has 8 heteroatoms. The number of alkyl halides is 5. The van der Waals surface area contributed by atoms with Crippen LogP contribution in [0.1, 0.15) is 23.6 Å². The first-order valence-electron chi connectivity index (χ1n) is 5.11. The van der Waals surface area contributed by atoms with Crippen LogP contribution in [0.5, 0.6) is 0 Å². The van der Waals surface area contributed by atoms with E-state index in [0.717, 1.165) is 12.1 Å². The summed E-state index contributed by atoms with van der Waals surface area (Å²) >= 11 is 0. The maximum absolute atomic E-state index is 12.4. The first kappa shape index (κ1) is 15.4. The third-order valence-electron chi connectivity index (χ3n) is 2.25. The molecule has 0 aromatic heterocycles. The average Bonchev–Trinajstić information content (AvgIpc) is 2.27. The first-order valence-corrected chi connectivity index (χ1v) is 5.11. The van der Waals surface area contributed by atoms with Crippen LogP contribution in [-0.2, 0) is 4.79 Å². The number of carboxylic acids is 1. The van der Waals surface area contributed by atoms with Crippen LogP contribution in [-0.4, -0.2) is 23.8 Å². The lowest BCUT2D eigenvalue weighted by Crippen LogP contribution is -2.36. The average molecular weight is 283 g/mol. The highest BCUT2D eigenvalue weighted by molar-refractivity contribution is 5.75. The summed E-state index contributed by atoms with van der Waals surface area (Å²) in [5, 5.41) is 10.6. The summed E-state index contributed by atoms with van der Waals surface area (Å²) < 4.78 is 61.0. The van der Waals surface area contributed by atoms with Gasteiger partial charge in [-0.3, -0.25) is 10.1 Å². The van der Waals surface area contributed by atoms with Gasteiger partial charge in [-0.2, -0.15) is 13.2 Å². The van der Waals surface area contributed by atoms with Gasteiger partial charge < -0.3 is 5.11 Å². The summed E-state index contributed by atoms with van der Waals surface area (Å²) in [5.74, 6) is -1.57. The Kier molecular flexibility index (Phi) is 4.82. The largest absolute Gasteiger partial charge is 0.480 e. The van der Waals surface area contributed by atoms with E-state index in [2.05, 4.69) is 0 Å². The molecule has 0 bridgehead atoms. The van der Waals surface area contributed by atoms with Gasteiger partial charge in [0.2, 0.25) is 0 Å². The molecular weight excluding hydrogens is 273 g/mol. The topological polar surface area (TPSA) is 49.3 Å². The van der Waals surface area contributed by atoms with E-state index in [0.29, 0.717) is 0 Å². The fourth-order valence-electron chi connectivity index (χ4n) is 1.44. The minimum atomic E-state index is -4.59. The summed E-state index contributed by atoms with van der Waals surface area (Å²) in [6.07, 6.45) is -7.41. The molecule has 1 aromatic rings. The Hall–Kier alpha value is -1.70. The molecule has 0 saturated carbocycles. The second-order valence-corrected chi connectivity index (χ2v) is 3.74. The van der Waals surface area contributed by atoms with Crippen molar-refractivity contribution in [3.8, 4) is 0 Å². The number of hydrogen-bond acceptors (Lipinski definition) is 2. The summed E-state index contributed by atoms with van der Waals surface area (Å²) in [4.78, 5) is 10.9. The monoisotopic (exact) mass is 283 g/mol. The number of carboxylic acid groups (broad SMARTS) is 1. The van der Waals surface area contributed by atoms with Gasteiger partial charge in [0.1, 0.15) is 6.04 Å². The van der Waals surface area contributed by atoms with Gasteiger partial charge >= 0.3 is 12.1 Å². The molecule has 0 spiro atoms. The van der Waals surface area contributed by atoms with E-state index in [4.69, 9.17) is 5.11 Å². The predicted octanol–water partition coefficient (Wildman–Crippen LogP) is 2.90. The second-order valence-electron chi connectivity index (χ2n) is 3.74. The van der Waals surface area contributed by atoms with Crippen molar-refractivity contribution in [3.05, 3.63) is 35.4 Å². The van der Waals surface area contributed by atoms with E-state index in [1.165, 1.54) is 12.1 Å². The summed E-state index contributed by atoms with van der Waals surface area (Å²) in [6.45, 7) is -1.52. The molecule has 0 aliphatic heterocycles. The van der Waals surface area contributed by atoms with Gasteiger partial charge in [0, 0.05) is 5.56 Å². The standard InChI is InChI=1S/C11H10F5NO2/c12-9(13)7-3-1-2-6(4-7)8(10(18)19)17-5-11(14,15)16/h1-4,8-9,17H,5H2,(H,18,19). The van der Waals surface area contributed by atoms with Gasteiger partial charge in [0.25, 0.3) is 6.43 Å². The summed E-state index contributed by atoms with van der Waals surface area (Å²) in [5.41, 5.74) is -0.605. The van der Waals surface area contributed by atoms with Crippen molar-refractivity contribution in [2.24, 2.45) is 0 Å². The van der Waals surface area contributed by atoms with Crippen molar-refractivity contribution < 1.29 is 31.9 Å². The van der Waals surface area contributed by atoms with Crippen LogP contribution in [0.3, 0.4) is 0 Å². The lowest BCUT2D eigenvalue weighted by atomic mass is 10.0. The Balaban J connectivity index is 2.93.